The summed E-state index contributed by atoms with van der Waals surface area (Å²) in [4.78, 5) is 4.25. The quantitative estimate of drug-likeness (QED) is 0.907. The zero-order valence-corrected chi connectivity index (χ0v) is 12.0. The second-order valence-electron chi connectivity index (χ2n) is 5.25. The van der Waals surface area contributed by atoms with Crippen LogP contribution in [0.2, 0.25) is 0 Å². The molecule has 3 heterocycles. The van der Waals surface area contributed by atoms with Crippen molar-refractivity contribution in [2.45, 2.75) is 37.4 Å². The molecule has 1 spiro atoms. The smallest absolute Gasteiger partial charge is 0.0998 e. The van der Waals surface area contributed by atoms with E-state index in [1.54, 1.807) is 16.8 Å². The van der Waals surface area contributed by atoms with Gasteiger partial charge < -0.3 is 9.84 Å². The molecule has 2 atom stereocenters. The first-order valence-electron chi connectivity index (χ1n) is 6.57. The highest BCUT2D eigenvalue weighted by Crippen LogP contribution is 2.43. The molecule has 0 aliphatic carbocycles. The lowest BCUT2D eigenvalue weighted by molar-refractivity contribution is -0.121. The molecular formula is C13H19NO2S2. The lowest BCUT2D eigenvalue weighted by Crippen LogP contribution is -2.44. The van der Waals surface area contributed by atoms with Crippen molar-refractivity contribution in [2.75, 3.05) is 18.1 Å². The molecule has 1 aromatic rings. The highest BCUT2D eigenvalue weighted by atomic mass is 32.2. The largest absolute Gasteiger partial charge is 0.386 e. The van der Waals surface area contributed by atoms with Crippen LogP contribution in [0, 0.1) is 5.92 Å². The van der Waals surface area contributed by atoms with E-state index < -0.39 is 6.10 Å². The standard InChI is InChI=1S/C13H19NO2S2/c15-12(11-8-18-9-14-11)10-1-4-16-13(7-10)2-5-17-6-3-13/h8-10,12,15H,1-7H2. The molecule has 100 valence electrons. The minimum Gasteiger partial charge on any atom is -0.386 e. The van der Waals surface area contributed by atoms with Gasteiger partial charge in [-0.05, 0) is 43.1 Å². The first-order chi connectivity index (χ1) is 8.79. The summed E-state index contributed by atoms with van der Waals surface area (Å²) in [7, 11) is 0. The van der Waals surface area contributed by atoms with Crippen molar-refractivity contribution in [2.24, 2.45) is 5.92 Å². The summed E-state index contributed by atoms with van der Waals surface area (Å²) in [5.74, 6) is 2.70. The van der Waals surface area contributed by atoms with Crippen LogP contribution in [0.4, 0.5) is 0 Å². The van der Waals surface area contributed by atoms with Crippen LogP contribution in [0.15, 0.2) is 10.9 Å². The van der Waals surface area contributed by atoms with Gasteiger partial charge in [0.2, 0.25) is 0 Å². The highest BCUT2D eigenvalue weighted by molar-refractivity contribution is 7.99. The third-order valence-electron chi connectivity index (χ3n) is 4.14. The van der Waals surface area contributed by atoms with Gasteiger partial charge in [-0.15, -0.1) is 11.3 Å². The van der Waals surface area contributed by atoms with E-state index in [1.807, 2.05) is 17.1 Å². The van der Waals surface area contributed by atoms with Gasteiger partial charge in [-0.2, -0.15) is 11.8 Å². The van der Waals surface area contributed by atoms with Gasteiger partial charge in [-0.3, -0.25) is 0 Å². The summed E-state index contributed by atoms with van der Waals surface area (Å²) >= 11 is 3.57. The number of aliphatic hydroxyl groups excluding tert-OH is 1. The summed E-state index contributed by atoms with van der Waals surface area (Å²) in [5.41, 5.74) is 2.68. The molecule has 5 heteroatoms. The molecule has 0 radical (unpaired) electrons. The van der Waals surface area contributed by atoms with Crippen LogP contribution in [-0.2, 0) is 4.74 Å². The molecule has 1 aromatic heterocycles. The van der Waals surface area contributed by atoms with Crippen molar-refractivity contribution >= 4 is 23.1 Å². The summed E-state index contributed by atoms with van der Waals surface area (Å²) in [5, 5.41) is 12.4. The molecule has 2 aliphatic heterocycles. The Morgan fingerprint density at radius 3 is 3.00 bits per heavy atom. The maximum absolute atomic E-state index is 10.4. The van der Waals surface area contributed by atoms with E-state index in [9.17, 15) is 5.11 Å². The predicted octanol–water partition coefficient (Wildman–Crippen LogP) is 2.87. The SMILES string of the molecule is OC(c1cscn1)C1CCOC2(CCSCC2)C1. The fourth-order valence-electron chi connectivity index (χ4n) is 3.04. The first kappa shape index (κ1) is 12.9. The normalized spacial score (nSPS) is 29.3. The average Bonchev–Trinajstić information content (AvgIpc) is 2.93. The zero-order valence-electron chi connectivity index (χ0n) is 10.4. The lowest BCUT2D eigenvalue weighted by Gasteiger charge is -2.44. The van der Waals surface area contributed by atoms with Crippen LogP contribution in [0.1, 0.15) is 37.5 Å². The fourth-order valence-corrected chi connectivity index (χ4v) is 4.86. The van der Waals surface area contributed by atoms with Crippen molar-refractivity contribution in [3.8, 4) is 0 Å². The van der Waals surface area contributed by atoms with Gasteiger partial charge in [-0.25, -0.2) is 4.98 Å². The van der Waals surface area contributed by atoms with Gasteiger partial charge in [-0.1, -0.05) is 0 Å². The summed E-state index contributed by atoms with van der Waals surface area (Å²) in [6, 6.07) is 0. The van der Waals surface area contributed by atoms with E-state index >= 15 is 0 Å². The minimum atomic E-state index is -0.411. The second-order valence-corrected chi connectivity index (χ2v) is 7.20. The molecule has 0 amide bonds. The molecule has 2 unspecified atom stereocenters. The van der Waals surface area contributed by atoms with Crippen molar-refractivity contribution in [1.29, 1.82) is 0 Å². The second kappa shape index (κ2) is 5.49. The minimum absolute atomic E-state index is 0.0468. The number of rotatable bonds is 2. The van der Waals surface area contributed by atoms with Crippen LogP contribution in [0.3, 0.4) is 0 Å². The van der Waals surface area contributed by atoms with Gasteiger partial charge in [0.1, 0.15) is 0 Å². The fraction of sp³-hybridized carbons (Fsp3) is 0.769. The summed E-state index contributed by atoms with van der Waals surface area (Å²) in [6.07, 6.45) is 3.81. The summed E-state index contributed by atoms with van der Waals surface area (Å²) < 4.78 is 6.06. The Morgan fingerprint density at radius 1 is 1.44 bits per heavy atom. The number of hydrogen-bond acceptors (Lipinski definition) is 5. The first-order valence-corrected chi connectivity index (χ1v) is 8.67. The van der Waals surface area contributed by atoms with Gasteiger partial charge in [0, 0.05) is 12.0 Å². The number of thioether (sulfide) groups is 1. The van der Waals surface area contributed by atoms with E-state index in [0.717, 1.165) is 38.0 Å². The Hall–Kier alpha value is -0.100. The Labute approximate surface area is 116 Å². The Kier molecular flexibility index (Phi) is 3.94. The van der Waals surface area contributed by atoms with Gasteiger partial charge in [0.05, 0.1) is 22.9 Å². The van der Waals surface area contributed by atoms with Crippen molar-refractivity contribution in [3.63, 3.8) is 0 Å². The Morgan fingerprint density at radius 2 is 2.28 bits per heavy atom. The number of thiazole rings is 1. The lowest BCUT2D eigenvalue weighted by atomic mass is 9.79. The Bertz CT molecular complexity index is 371. The van der Waals surface area contributed by atoms with Crippen molar-refractivity contribution < 1.29 is 9.84 Å². The molecule has 2 saturated heterocycles. The zero-order chi connectivity index (χ0) is 12.4. The van der Waals surface area contributed by atoms with E-state index in [-0.39, 0.29) is 5.60 Å². The number of hydrogen-bond donors (Lipinski definition) is 1. The molecule has 3 rings (SSSR count). The summed E-state index contributed by atoms with van der Waals surface area (Å²) in [6.45, 7) is 0.788. The number of ether oxygens (including phenoxy) is 1. The van der Waals surface area contributed by atoms with Gasteiger partial charge >= 0.3 is 0 Å². The molecule has 2 fully saturated rings. The van der Waals surface area contributed by atoms with Crippen LogP contribution in [0.25, 0.3) is 0 Å². The Balaban J connectivity index is 1.70. The highest BCUT2D eigenvalue weighted by Gasteiger charge is 2.41. The molecule has 0 saturated carbocycles. The predicted molar refractivity (Wildman–Crippen MR) is 75.0 cm³/mol. The van der Waals surface area contributed by atoms with E-state index in [1.165, 1.54) is 11.5 Å². The van der Waals surface area contributed by atoms with Crippen LogP contribution >= 0.6 is 23.1 Å². The van der Waals surface area contributed by atoms with E-state index in [0.29, 0.717) is 5.92 Å². The maximum atomic E-state index is 10.4. The molecule has 2 aliphatic rings. The maximum Gasteiger partial charge on any atom is 0.0998 e. The topological polar surface area (TPSA) is 42.4 Å². The van der Waals surface area contributed by atoms with E-state index in [4.69, 9.17) is 4.74 Å². The van der Waals surface area contributed by atoms with Crippen LogP contribution in [-0.4, -0.2) is 33.8 Å². The molecule has 1 N–H and O–H groups in total. The van der Waals surface area contributed by atoms with Crippen LogP contribution < -0.4 is 0 Å². The molecule has 0 aromatic carbocycles. The monoisotopic (exact) mass is 285 g/mol. The van der Waals surface area contributed by atoms with Crippen molar-refractivity contribution in [1.82, 2.24) is 4.98 Å². The number of nitrogens with zero attached hydrogens (tertiary/aromatic N) is 1. The third-order valence-corrected chi connectivity index (χ3v) is 5.73. The molecule has 18 heavy (non-hydrogen) atoms. The molecule has 3 nitrogen and oxygen atoms in total. The van der Waals surface area contributed by atoms with E-state index in [2.05, 4.69) is 4.98 Å². The van der Waals surface area contributed by atoms with Gasteiger partial charge in [0.25, 0.3) is 0 Å². The third kappa shape index (κ3) is 2.59. The molecular weight excluding hydrogens is 266 g/mol. The number of aromatic nitrogens is 1. The van der Waals surface area contributed by atoms with Gasteiger partial charge in [0.15, 0.2) is 0 Å². The average molecular weight is 285 g/mol. The molecule has 0 bridgehead atoms. The number of aliphatic hydroxyl groups is 1. The van der Waals surface area contributed by atoms with Crippen molar-refractivity contribution in [3.05, 3.63) is 16.6 Å². The van der Waals surface area contributed by atoms with Crippen LogP contribution in [0.5, 0.6) is 0 Å².